The van der Waals surface area contributed by atoms with Gasteiger partial charge in [-0.1, -0.05) is 33.1 Å². The Balaban J connectivity index is 2.05. The number of nitrogens with one attached hydrogen (secondary N) is 1. The van der Waals surface area contributed by atoms with Crippen molar-refractivity contribution in [3.8, 4) is 0 Å². The second-order valence-electron chi connectivity index (χ2n) is 7.72. The number of hydrogen-bond donors (Lipinski definition) is 1. The molecular formula is C17H32N4. The largest absolute Gasteiger partial charge is 0.353 e. The molecule has 0 amide bonds. The molecule has 1 aromatic rings. The molecule has 0 aliphatic heterocycles. The number of aromatic nitrogens is 2. The highest BCUT2D eigenvalue weighted by Crippen LogP contribution is 2.25. The summed E-state index contributed by atoms with van der Waals surface area (Å²) < 4.78 is 2.31. The predicted octanol–water partition coefficient (Wildman–Crippen LogP) is 3.52. The molecule has 1 aliphatic carbocycles. The zero-order valence-corrected chi connectivity index (χ0v) is 14.4. The van der Waals surface area contributed by atoms with Gasteiger partial charge in [0.05, 0.1) is 5.69 Å². The normalized spacial score (nSPS) is 17.4. The van der Waals surface area contributed by atoms with Crippen LogP contribution in [0.15, 0.2) is 6.20 Å². The Morgan fingerprint density at radius 3 is 2.57 bits per heavy atom. The first-order valence-electron chi connectivity index (χ1n) is 8.31. The molecule has 0 aromatic carbocycles. The molecule has 4 heteroatoms. The molecule has 0 bridgehead atoms. The number of imidazole rings is 1. The Labute approximate surface area is 129 Å². The van der Waals surface area contributed by atoms with E-state index in [1.54, 1.807) is 0 Å². The molecule has 0 spiro atoms. The first kappa shape index (κ1) is 16.3. The maximum Gasteiger partial charge on any atom is 0.203 e. The Bertz CT molecular complexity index is 442. The summed E-state index contributed by atoms with van der Waals surface area (Å²) in [5.74, 6) is 1.06. The van der Waals surface area contributed by atoms with Crippen LogP contribution in [0.25, 0.3) is 0 Å². The van der Waals surface area contributed by atoms with Crippen molar-refractivity contribution in [3.05, 3.63) is 11.9 Å². The summed E-state index contributed by atoms with van der Waals surface area (Å²) in [6.45, 7) is 8.81. The minimum Gasteiger partial charge on any atom is -0.353 e. The minimum absolute atomic E-state index is 0.236. The van der Waals surface area contributed by atoms with Crippen LogP contribution in [0.1, 0.15) is 51.6 Å². The van der Waals surface area contributed by atoms with Crippen LogP contribution < -0.4 is 5.32 Å². The lowest BCUT2D eigenvalue weighted by atomic mass is 9.93. The minimum atomic E-state index is 0.236. The van der Waals surface area contributed by atoms with E-state index in [0.29, 0.717) is 6.04 Å². The Hall–Kier alpha value is -1.03. The summed E-state index contributed by atoms with van der Waals surface area (Å²) in [6.07, 6.45) is 8.84. The van der Waals surface area contributed by atoms with E-state index in [0.717, 1.165) is 24.7 Å². The molecule has 0 saturated heterocycles. The topological polar surface area (TPSA) is 33.1 Å². The monoisotopic (exact) mass is 292 g/mol. The van der Waals surface area contributed by atoms with Crippen molar-refractivity contribution in [2.45, 2.75) is 65.5 Å². The lowest BCUT2D eigenvalue weighted by molar-refractivity contribution is 0.212. The van der Waals surface area contributed by atoms with Gasteiger partial charge in [-0.25, -0.2) is 4.98 Å². The van der Waals surface area contributed by atoms with E-state index in [9.17, 15) is 0 Å². The van der Waals surface area contributed by atoms with Gasteiger partial charge in [0, 0.05) is 25.3 Å². The van der Waals surface area contributed by atoms with Crippen LogP contribution in [0.4, 0.5) is 5.95 Å². The highest BCUT2D eigenvalue weighted by atomic mass is 15.2. The van der Waals surface area contributed by atoms with Crippen LogP contribution in [0.5, 0.6) is 0 Å². The fourth-order valence-corrected chi connectivity index (χ4v) is 3.58. The molecule has 4 nitrogen and oxygen atoms in total. The van der Waals surface area contributed by atoms with Crippen LogP contribution in [0.2, 0.25) is 0 Å². The van der Waals surface area contributed by atoms with Gasteiger partial charge in [-0.15, -0.1) is 0 Å². The third kappa shape index (κ3) is 5.03. The molecule has 1 N–H and O–H groups in total. The Kier molecular flexibility index (Phi) is 5.31. The SMILES string of the molecule is Cc1cn(CC(C)(C)CN(C)C)c(NC2CCCCC2)n1. The van der Waals surface area contributed by atoms with E-state index >= 15 is 0 Å². The van der Waals surface area contributed by atoms with Crippen molar-refractivity contribution in [2.75, 3.05) is 26.0 Å². The molecule has 21 heavy (non-hydrogen) atoms. The molecule has 120 valence electrons. The quantitative estimate of drug-likeness (QED) is 0.871. The van der Waals surface area contributed by atoms with E-state index in [-0.39, 0.29) is 5.41 Å². The second-order valence-corrected chi connectivity index (χ2v) is 7.72. The zero-order valence-electron chi connectivity index (χ0n) is 14.4. The number of anilines is 1. The third-order valence-electron chi connectivity index (χ3n) is 4.18. The maximum atomic E-state index is 4.71. The lowest BCUT2D eigenvalue weighted by Gasteiger charge is -2.30. The van der Waals surface area contributed by atoms with Gasteiger partial charge in [-0.3, -0.25) is 0 Å². The van der Waals surface area contributed by atoms with Gasteiger partial charge in [0.25, 0.3) is 0 Å². The fraction of sp³-hybridized carbons (Fsp3) is 0.824. The van der Waals surface area contributed by atoms with Gasteiger partial charge in [0.1, 0.15) is 0 Å². The third-order valence-corrected chi connectivity index (χ3v) is 4.18. The average Bonchev–Trinajstić information content (AvgIpc) is 2.68. The molecule has 1 aliphatic rings. The van der Waals surface area contributed by atoms with Gasteiger partial charge >= 0.3 is 0 Å². The van der Waals surface area contributed by atoms with Crippen molar-refractivity contribution in [2.24, 2.45) is 5.41 Å². The van der Waals surface area contributed by atoms with Gasteiger partial charge in [0.15, 0.2) is 0 Å². The van der Waals surface area contributed by atoms with Crippen LogP contribution in [0.3, 0.4) is 0 Å². The molecule has 0 atom stereocenters. The molecule has 1 saturated carbocycles. The summed E-state index contributed by atoms with van der Waals surface area (Å²) in [6, 6.07) is 0.608. The van der Waals surface area contributed by atoms with Gasteiger partial charge in [-0.05, 0) is 39.3 Å². The number of rotatable bonds is 6. The van der Waals surface area contributed by atoms with Crippen molar-refractivity contribution in [1.82, 2.24) is 14.5 Å². The first-order chi connectivity index (χ1) is 9.85. The van der Waals surface area contributed by atoms with Crippen LogP contribution in [-0.2, 0) is 6.54 Å². The average molecular weight is 292 g/mol. The second kappa shape index (κ2) is 6.82. The maximum absolute atomic E-state index is 4.71. The summed E-state index contributed by atoms with van der Waals surface area (Å²) in [5.41, 5.74) is 1.34. The number of hydrogen-bond acceptors (Lipinski definition) is 3. The van der Waals surface area contributed by atoms with E-state index in [1.807, 2.05) is 0 Å². The van der Waals surface area contributed by atoms with Crippen molar-refractivity contribution in [3.63, 3.8) is 0 Å². The molecule has 0 unspecified atom stereocenters. The van der Waals surface area contributed by atoms with Crippen LogP contribution >= 0.6 is 0 Å². The first-order valence-corrected chi connectivity index (χ1v) is 8.31. The molecule has 1 fully saturated rings. The molecule has 1 heterocycles. The van der Waals surface area contributed by atoms with Crippen molar-refractivity contribution >= 4 is 5.95 Å². The standard InChI is InChI=1S/C17H32N4/c1-14-11-21(13-17(2,3)12-20(4)5)16(18-14)19-15-9-7-6-8-10-15/h11,15H,6-10,12-13H2,1-5H3,(H,18,19). The molecule has 2 rings (SSSR count). The van der Waals surface area contributed by atoms with E-state index in [4.69, 9.17) is 4.98 Å². The summed E-state index contributed by atoms with van der Waals surface area (Å²) in [4.78, 5) is 6.97. The molecular weight excluding hydrogens is 260 g/mol. The summed E-state index contributed by atoms with van der Waals surface area (Å²) in [7, 11) is 4.28. The summed E-state index contributed by atoms with van der Waals surface area (Å²) >= 11 is 0. The Morgan fingerprint density at radius 2 is 1.95 bits per heavy atom. The van der Waals surface area contributed by atoms with Gasteiger partial charge in [-0.2, -0.15) is 0 Å². The smallest absolute Gasteiger partial charge is 0.203 e. The zero-order chi connectivity index (χ0) is 15.5. The Morgan fingerprint density at radius 1 is 1.29 bits per heavy atom. The molecule has 1 aromatic heterocycles. The van der Waals surface area contributed by atoms with Crippen molar-refractivity contribution in [1.29, 1.82) is 0 Å². The highest BCUT2D eigenvalue weighted by molar-refractivity contribution is 5.30. The van der Waals surface area contributed by atoms with Crippen LogP contribution in [0, 0.1) is 12.3 Å². The highest BCUT2D eigenvalue weighted by Gasteiger charge is 2.22. The van der Waals surface area contributed by atoms with Crippen LogP contribution in [-0.4, -0.2) is 41.1 Å². The van der Waals surface area contributed by atoms with E-state index < -0.39 is 0 Å². The van der Waals surface area contributed by atoms with E-state index in [1.165, 1.54) is 32.1 Å². The fourth-order valence-electron chi connectivity index (χ4n) is 3.58. The number of aryl methyl sites for hydroxylation is 1. The summed E-state index contributed by atoms with van der Waals surface area (Å²) in [5, 5.41) is 3.68. The van der Waals surface area contributed by atoms with Crippen molar-refractivity contribution < 1.29 is 0 Å². The number of nitrogens with zero attached hydrogens (tertiary/aromatic N) is 3. The predicted molar refractivity (Wildman–Crippen MR) is 89.8 cm³/mol. The lowest BCUT2D eigenvalue weighted by Crippen LogP contribution is -2.33. The van der Waals surface area contributed by atoms with Gasteiger partial charge in [0.2, 0.25) is 5.95 Å². The van der Waals surface area contributed by atoms with Gasteiger partial charge < -0.3 is 14.8 Å². The van der Waals surface area contributed by atoms with E-state index in [2.05, 4.69) is 55.8 Å². The molecule has 0 radical (unpaired) electrons.